The first-order chi connectivity index (χ1) is 13.6. The minimum Gasteiger partial charge on any atom is -0.493 e. The number of methoxy groups -OCH3 is 2. The first-order valence-corrected chi connectivity index (χ1v) is 8.75. The summed E-state index contributed by atoms with van der Waals surface area (Å²) in [6.07, 6.45) is 5.24. The van der Waals surface area contributed by atoms with Crippen LogP contribution in [0.2, 0.25) is 0 Å². The number of nitrogens with zero attached hydrogens (tertiary/aromatic N) is 3. The monoisotopic (exact) mass is 381 g/mol. The summed E-state index contributed by atoms with van der Waals surface area (Å²) in [7, 11) is 5.04. The average molecular weight is 381 g/mol. The maximum atomic E-state index is 12.1. The van der Waals surface area contributed by atoms with Crippen molar-refractivity contribution in [3.63, 3.8) is 0 Å². The third-order valence-corrected chi connectivity index (χ3v) is 4.27. The molecule has 0 saturated heterocycles. The van der Waals surface area contributed by atoms with Crippen molar-refractivity contribution in [1.82, 2.24) is 25.4 Å². The lowest BCUT2D eigenvalue weighted by molar-refractivity contribution is 0.240. The Morgan fingerprint density at radius 2 is 1.75 bits per heavy atom. The second-order valence-electron chi connectivity index (χ2n) is 6.15. The smallest absolute Gasteiger partial charge is 0.315 e. The molecule has 0 aliphatic rings. The molecule has 28 heavy (non-hydrogen) atoms. The normalized spacial score (nSPS) is 10.4. The minimum absolute atomic E-state index is 0.263. The van der Waals surface area contributed by atoms with Crippen LogP contribution in [0.5, 0.6) is 11.5 Å². The van der Waals surface area contributed by atoms with Gasteiger partial charge in [-0.25, -0.2) is 4.79 Å². The van der Waals surface area contributed by atoms with Gasteiger partial charge in [0.15, 0.2) is 11.5 Å². The molecule has 2 heterocycles. The van der Waals surface area contributed by atoms with Gasteiger partial charge in [-0.15, -0.1) is 0 Å². The Labute approximate surface area is 163 Å². The van der Waals surface area contributed by atoms with E-state index in [1.165, 1.54) is 0 Å². The molecular formula is C20H23N5O3. The molecule has 0 radical (unpaired) electrons. The van der Waals surface area contributed by atoms with Crippen LogP contribution in [0.1, 0.15) is 11.1 Å². The zero-order valence-electron chi connectivity index (χ0n) is 16.1. The van der Waals surface area contributed by atoms with Crippen molar-refractivity contribution in [2.24, 2.45) is 7.05 Å². The number of benzene rings is 1. The number of carbonyl (C=O) groups is 1. The van der Waals surface area contributed by atoms with Crippen LogP contribution in [0.3, 0.4) is 0 Å². The highest BCUT2D eigenvalue weighted by Gasteiger charge is 2.07. The van der Waals surface area contributed by atoms with Gasteiger partial charge in [-0.2, -0.15) is 5.10 Å². The topological polar surface area (TPSA) is 90.3 Å². The lowest BCUT2D eigenvalue weighted by atomic mass is 10.1. The zero-order chi connectivity index (χ0) is 19.9. The third kappa shape index (κ3) is 4.59. The largest absolute Gasteiger partial charge is 0.493 e. The molecule has 2 amide bonds. The van der Waals surface area contributed by atoms with E-state index < -0.39 is 0 Å². The van der Waals surface area contributed by atoms with Crippen LogP contribution in [0, 0.1) is 0 Å². The van der Waals surface area contributed by atoms with Gasteiger partial charge in [0.05, 0.1) is 19.9 Å². The quantitative estimate of drug-likeness (QED) is 0.656. The molecule has 3 aromatic rings. The predicted octanol–water partition coefficient (Wildman–Crippen LogP) is 2.50. The van der Waals surface area contributed by atoms with E-state index in [-0.39, 0.29) is 6.03 Å². The number of hydrogen-bond acceptors (Lipinski definition) is 5. The summed E-state index contributed by atoms with van der Waals surface area (Å²) in [5.74, 6) is 1.27. The van der Waals surface area contributed by atoms with Gasteiger partial charge in [-0.05, 0) is 35.4 Å². The van der Waals surface area contributed by atoms with Crippen LogP contribution in [0.15, 0.2) is 48.9 Å². The number of aromatic nitrogens is 3. The Kier molecular flexibility index (Phi) is 6.11. The molecule has 146 valence electrons. The van der Waals surface area contributed by atoms with Gasteiger partial charge in [0.2, 0.25) is 0 Å². The van der Waals surface area contributed by atoms with Gasteiger partial charge in [0.25, 0.3) is 0 Å². The Morgan fingerprint density at radius 1 is 1.00 bits per heavy atom. The molecule has 0 aliphatic carbocycles. The van der Waals surface area contributed by atoms with E-state index in [0.717, 1.165) is 22.4 Å². The van der Waals surface area contributed by atoms with Crippen LogP contribution < -0.4 is 20.1 Å². The van der Waals surface area contributed by atoms with Crippen LogP contribution in [0.25, 0.3) is 11.3 Å². The van der Waals surface area contributed by atoms with E-state index in [9.17, 15) is 4.79 Å². The molecule has 2 N–H and O–H groups in total. The highest BCUT2D eigenvalue weighted by molar-refractivity contribution is 5.74. The number of pyridine rings is 1. The summed E-state index contributed by atoms with van der Waals surface area (Å²) >= 11 is 0. The molecule has 8 heteroatoms. The van der Waals surface area contributed by atoms with Crippen molar-refractivity contribution in [1.29, 1.82) is 0 Å². The third-order valence-electron chi connectivity index (χ3n) is 4.27. The van der Waals surface area contributed by atoms with Gasteiger partial charge in [0.1, 0.15) is 0 Å². The van der Waals surface area contributed by atoms with Crippen molar-refractivity contribution in [3.8, 4) is 22.8 Å². The molecule has 1 aromatic carbocycles. The van der Waals surface area contributed by atoms with Crippen LogP contribution in [-0.4, -0.2) is 35.0 Å². The summed E-state index contributed by atoms with van der Waals surface area (Å²) in [4.78, 5) is 16.4. The molecule has 3 rings (SSSR count). The van der Waals surface area contributed by atoms with E-state index in [0.29, 0.717) is 24.6 Å². The molecule has 0 unspecified atom stereocenters. The lowest BCUT2D eigenvalue weighted by Crippen LogP contribution is -2.34. The van der Waals surface area contributed by atoms with Crippen molar-refractivity contribution in [2.45, 2.75) is 13.1 Å². The first kappa shape index (κ1) is 19.2. The van der Waals surface area contributed by atoms with E-state index in [4.69, 9.17) is 9.47 Å². The van der Waals surface area contributed by atoms with Crippen LogP contribution in [-0.2, 0) is 20.1 Å². The summed E-state index contributed by atoms with van der Waals surface area (Å²) in [5, 5.41) is 9.83. The Balaban J connectivity index is 1.54. The summed E-state index contributed by atoms with van der Waals surface area (Å²) in [6.45, 7) is 0.746. The second-order valence-corrected chi connectivity index (χ2v) is 6.15. The van der Waals surface area contributed by atoms with E-state index in [2.05, 4.69) is 20.7 Å². The maximum Gasteiger partial charge on any atom is 0.315 e. The summed E-state index contributed by atoms with van der Waals surface area (Å²) in [6, 6.07) is 9.16. The molecule has 0 atom stereocenters. The lowest BCUT2D eigenvalue weighted by Gasteiger charge is -2.11. The SMILES string of the molecule is COc1ccc(CNC(=O)NCc2cncc(-c3ccnn3C)c2)cc1OC. The predicted molar refractivity (Wildman–Crippen MR) is 105 cm³/mol. The highest BCUT2D eigenvalue weighted by atomic mass is 16.5. The number of urea groups is 1. The number of ether oxygens (including phenoxy) is 2. The van der Waals surface area contributed by atoms with Crippen molar-refractivity contribution < 1.29 is 14.3 Å². The van der Waals surface area contributed by atoms with E-state index in [1.54, 1.807) is 37.5 Å². The van der Waals surface area contributed by atoms with Gasteiger partial charge < -0.3 is 20.1 Å². The zero-order valence-corrected chi connectivity index (χ0v) is 16.1. The van der Waals surface area contributed by atoms with Gasteiger partial charge in [-0.3, -0.25) is 9.67 Å². The maximum absolute atomic E-state index is 12.1. The Bertz CT molecular complexity index is 955. The molecule has 0 fully saturated rings. The van der Waals surface area contributed by atoms with Crippen LogP contribution >= 0.6 is 0 Å². The Morgan fingerprint density at radius 3 is 2.43 bits per heavy atom. The number of nitrogens with one attached hydrogen (secondary N) is 2. The van der Waals surface area contributed by atoms with Crippen molar-refractivity contribution in [2.75, 3.05) is 14.2 Å². The summed E-state index contributed by atoms with van der Waals surface area (Å²) in [5.41, 5.74) is 3.73. The number of amides is 2. The fourth-order valence-electron chi connectivity index (χ4n) is 2.80. The van der Waals surface area contributed by atoms with Gasteiger partial charge in [0, 0.05) is 44.3 Å². The number of aryl methyl sites for hydroxylation is 1. The first-order valence-electron chi connectivity index (χ1n) is 8.75. The molecule has 0 bridgehead atoms. The van der Waals surface area contributed by atoms with E-state index >= 15 is 0 Å². The van der Waals surface area contributed by atoms with Gasteiger partial charge in [-0.1, -0.05) is 6.07 Å². The fraction of sp³-hybridized carbons (Fsp3) is 0.250. The standard InChI is InChI=1S/C20H23N5O3/c1-25-17(6-7-24-25)16-8-15(10-21-13-16)12-23-20(26)22-11-14-4-5-18(27-2)19(9-14)28-3/h4-10,13H,11-12H2,1-3H3,(H2,22,23,26). The van der Waals surface area contributed by atoms with Crippen LogP contribution in [0.4, 0.5) is 4.79 Å². The Hall–Kier alpha value is -3.55. The summed E-state index contributed by atoms with van der Waals surface area (Å²) < 4.78 is 12.3. The average Bonchev–Trinajstić information content (AvgIpc) is 3.16. The molecule has 0 aliphatic heterocycles. The van der Waals surface area contributed by atoms with Crippen molar-refractivity contribution in [3.05, 3.63) is 60.0 Å². The fourth-order valence-corrected chi connectivity index (χ4v) is 2.80. The molecule has 0 spiro atoms. The highest BCUT2D eigenvalue weighted by Crippen LogP contribution is 2.27. The van der Waals surface area contributed by atoms with Crippen molar-refractivity contribution >= 4 is 6.03 Å². The number of carbonyl (C=O) groups excluding carboxylic acids is 1. The van der Waals surface area contributed by atoms with E-state index in [1.807, 2.05) is 37.4 Å². The second kappa shape index (κ2) is 8.90. The molecule has 8 nitrogen and oxygen atoms in total. The minimum atomic E-state index is -0.263. The number of rotatable bonds is 7. The molecule has 2 aromatic heterocycles. The number of hydrogen-bond donors (Lipinski definition) is 2. The molecular weight excluding hydrogens is 358 g/mol. The molecule has 0 saturated carbocycles. The van der Waals surface area contributed by atoms with Gasteiger partial charge >= 0.3 is 6.03 Å².